The SMILES string of the molecule is CCOC(=O)CC(C(=O)O)c1ccc(NC(=O)c2cccc(N=CNN)c2)cc1. The van der Waals surface area contributed by atoms with Crippen molar-refractivity contribution in [2.45, 2.75) is 19.3 Å². The molecule has 0 bridgehead atoms. The Morgan fingerprint density at radius 2 is 1.93 bits per heavy atom. The van der Waals surface area contributed by atoms with Gasteiger partial charge in [0.25, 0.3) is 5.91 Å². The van der Waals surface area contributed by atoms with Crippen molar-refractivity contribution in [1.82, 2.24) is 5.43 Å². The lowest BCUT2D eigenvalue weighted by Gasteiger charge is -2.13. The van der Waals surface area contributed by atoms with Crippen molar-refractivity contribution in [2.75, 3.05) is 11.9 Å². The second-order valence-electron chi connectivity index (χ2n) is 5.95. The molecule has 0 aliphatic heterocycles. The number of hydrazine groups is 1. The van der Waals surface area contributed by atoms with Gasteiger partial charge in [0.1, 0.15) is 6.34 Å². The van der Waals surface area contributed by atoms with Gasteiger partial charge in [0.05, 0.1) is 24.6 Å². The molecule has 9 heteroatoms. The zero-order chi connectivity index (χ0) is 21.2. The van der Waals surface area contributed by atoms with Crippen LogP contribution in [-0.4, -0.2) is 35.9 Å². The number of carbonyl (C=O) groups is 3. The second kappa shape index (κ2) is 10.6. The van der Waals surface area contributed by atoms with Gasteiger partial charge in [-0.15, -0.1) is 0 Å². The van der Waals surface area contributed by atoms with E-state index in [0.717, 1.165) is 0 Å². The lowest BCUT2D eigenvalue weighted by Crippen LogP contribution is -2.18. The lowest BCUT2D eigenvalue weighted by atomic mass is 9.95. The van der Waals surface area contributed by atoms with Crippen LogP contribution in [0.5, 0.6) is 0 Å². The fourth-order valence-corrected chi connectivity index (χ4v) is 2.58. The summed E-state index contributed by atoms with van der Waals surface area (Å²) in [6, 6.07) is 12.9. The molecule has 2 rings (SSSR count). The molecule has 152 valence electrons. The Kier molecular flexibility index (Phi) is 7.87. The van der Waals surface area contributed by atoms with Crippen LogP contribution < -0.4 is 16.6 Å². The van der Waals surface area contributed by atoms with Crippen molar-refractivity contribution in [3.63, 3.8) is 0 Å². The number of ether oxygens (including phenoxy) is 1. The number of carboxylic acids is 1. The minimum Gasteiger partial charge on any atom is -0.481 e. The highest BCUT2D eigenvalue weighted by Gasteiger charge is 2.24. The van der Waals surface area contributed by atoms with Crippen LogP contribution in [0.3, 0.4) is 0 Å². The van der Waals surface area contributed by atoms with E-state index in [0.29, 0.717) is 22.5 Å². The van der Waals surface area contributed by atoms with Crippen LogP contribution in [0.4, 0.5) is 11.4 Å². The lowest BCUT2D eigenvalue weighted by molar-refractivity contribution is -0.148. The number of rotatable bonds is 9. The Morgan fingerprint density at radius 3 is 2.55 bits per heavy atom. The Morgan fingerprint density at radius 1 is 1.21 bits per heavy atom. The maximum Gasteiger partial charge on any atom is 0.311 e. The number of esters is 1. The van der Waals surface area contributed by atoms with Gasteiger partial charge in [-0.1, -0.05) is 18.2 Å². The smallest absolute Gasteiger partial charge is 0.311 e. The number of aliphatic carboxylic acids is 1. The van der Waals surface area contributed by atoms with Gasteiger partial charge in [-0.05, 0) is 42.8 Å². The number of carbonyl (C=O) groups excluding carboxylic acids is 2. The molecular weight excluding hydrogens is 376 g/mol. The highest BCUT2D eigenvalue weighted by Crippen LogP contribution is 2.23. The number of hydrogen-bond donors (Lipinski definition) is 4. The number of anilines is 1. The van der Waals surface area contributed by atoms with Crippen LogP contribution in [0.1, 0.15) is 35.2 Å². The summed E-state index contributed by atoms with van der Waals surface area (Å²) >= 11 is 0. The fraction of sp³-hybridized carbons (Fsp3) is 0.200. The standard InChI is InChI=1S/C20H22N4O5/c1-2-29-18(25)11-17(20(27)28)13-6-8-15(9-7-13)24-19(26)14-4-3-5-16(10-14)22-12-23-21/h3-10,12,17H,2,11,21H2,1H3,(H,22,23)(H,24,26)(H,27,28). The molecule has 0 aliphatic carbocycles. The van der Waals surface area contributed by atoms with Gasteiger partial charge in [0, 0.05) is 11.3 Å². The van der Waals surface area contributed by atoms with Gasteiger partial charge in [0.2, 0.25) is 0 Å². The summed E-state index contributed by atoms with van der Waals surface area (Å²) in [5, 5.41) is 12.1. The molecule has 0 heterocycles. The van der Waals surface area contributed by atoms with E-state index in [1.54, 1.807) is 55.5 Å². The van der Waals surface area contributed by atoms with Gasteiger partial charge in [-0.25, -0.2) is 10.8 Å². The molecule has 0 saturated carbocycles. The normalized spacial score (nSPS) is 11.7. The van der Waals surface area contributed by atoms with Crippen molar-refractivity contribution in [2.24, 2.45) is 10.8 Å². The molecule has 0 spiro atoms. The van der Waals surface area contributed by atoms with Crippen molar-refractivity contribution >= 4 is 35.6 Å². The zero-order valence-corrected chi connectivity index (χ0v) is 15.8. The first-order valence-corrected chi connectivity index (χ1v) is 8.83. The largest absolute Gasteiger partial charge is 0.481 e. The van der Waals surface area contributed by atoms with Gasteiger partial charge in [-0.3, -0.25) is 14.4 Å². The van der Waals surface area contributed by atoms with Gasteiger partial charge in [-0.2, -0.15) is 0 Å². The predicted octanol–water partition coefficient (Wildman–Crippen LogP) is 2.18. The van der Waals surface area contributed by atoms with E-state index in [4.69, 9.17) is 10.6 Å². The highest BCUT2D eigenvalue weighted by atomic mass is 16.5. The second-order valence-corrected chi connectivity index (χ2v) is 5.95. The van der Waals surface area contributed by atoms with Crippen LogP contribution in [0, 0.1) is 0 Å². The summed E-state index contributed by atoms with van der Waals surface area (Å²) in [5.74, 6) is 2.05. The molecule has 1 unspecified atom stereocenters. The van der Waals surface area contributed by atoms with Crippen molar-refractivity contribution in [3.8, 4) is 0 Å². The van der Waals surface area contributed by atoms with Crippen molar-refractivity contribution in [1.29, 1.82) is 0 Å². The number of nitrogens with one attached hydrogen (secondary N) is 2. The van der Waals surface area contributed by atoms with E-state index in [1.807, 2.05) is 0 Å². The average molecular weight is 398 g/mol. The Labute approximate surface area is 167 Å². The summed E-state index contributed by atoms with van der Waals surface area (Å²) in [6.07, 6.45) is 1.03. The molecule has 0 saturated heterocycles. The minimum atomic E-state index is -1.13. The summed E-state index contributed by atoms with van der Waals surface area (Å²) in [5.41, 5.74) is 4.15. The van der Waals surface area contributed by atoms with E-state index in [-0.39, 0.29) is 18.9 Å². The van der Waals surface area contributed by atoms with Gasteiger partial charge < -0.3 is 20.6 Å². The summed E-state index contributed by atoms with van der Waals surface area (Å²) in [6.45, 7) is 1.84. The first kappa shape index (κ1) is 21.6. The third kappa shape index (κ3) is 6.43. The summed E-state index contributed by atoms with van der Waals surface area (Å²) in [7, 11) is 0. The van der Waals surface area contributed by atoms with Crippen LogP contribution in [0.25, 0.3) is 0 Å². The van der Waals surface area contributed by atoms with Crippen LogP contribution in [-0.2, 0) is 14.3 Å². The Bertz CT molecular complexity index is 896. The maximum atomic E-state index is 12.4. The topological polar surface area (TPSA) is 143 Å². The fourth-order valence-electron chi connectivity index (χ4n) is 2.58. The predicted molar refractivity (Wildman–Crippen MR) is 108 cm³/mol. The van der Waals surface area contributed by atoms with Gasteiger partial charge in [0.15, 0.2) is 0 Å². The first-order chi connectivity index (χ1) is 13.9. The van der Waals surface area contributed by atoms with Crippen LogP contribution >= 0.6 is 0 Å². The quantitative estimate of drug-likeness (QED) is 0.167. The van der Waals surface area contributed by atoms with Crippen molar-refractivity contribution in [3.05, 3.63) is 59.7 Å². The minimum absolute atomic E-state index is 0.186. The highest BCUT2D eigenvalue weighted by molar-refractivity contribution is 6.04. The zero-order valence-electron chi connectivity index (χ0n) is 15.8. The van der Waals surface area contributed by atoms with Gasteiger partial charge >= 0.3 is 11.9 Å². The molecule has 0 fully saturated rings. The molecule has 0 aromatic heterocycles. The molecule has 2 aromatic carbocycles. The number of nitrogens with zero attached hydrogens (tertiary/aromatic N) is 1. The van der Waals surface area contributed by atoms with E-state index >= 15 is 0 Å². The molecule has 9 nitrogen and oxygen atoms in total. The van der Waals surface area contributed by atoms with Crippen LogP contribution in [0.2, 0.25) is 0 Å². The number of nitrogens with two attached hydrogens (primary N) is 1. The number of aliphatic imine (C=N–C) groups is 1. The Balaban J connectivity index is 2.09. The molecule has 29 heavy (non-hydrogen) atoms. The van der Waals surface area contributed by atoms with Crippen LogP contribution in [0.15, 0.2) is 53.5 Å². The third-order valence-corrected chi connectivity index (χ3v) is 3.94. The summed E-state index contributed by atoms with van der Waals surface area (Å²) < 4.78 is 4.82. The van der Waals surface area contributed by atoms with Crippen molar-refractivity contribution < 1.29 is 24.2 Å². The van der Waals surface area contributed by atoms with E-state index < -0.39 is 17.9 Å². The van der Waals surface area contributed by atoms with E-state index in [1.165, 1.54) is 6.34 Å². The monoisotopic (exact) mass is 398 g/mol. The number of hydrogen-bond acceptors (Lipinski definition) is 6. The number of benzene rings is 2. The Hall–Kier alpha value is -3.72. The summed E-state index contributed by atoms with van der Waals surface area (Å²) in [4.78, 5) is 39.6. The van der Waals surface area contributed by atoms with E-state index in [9.17, 15) is 19.5 Å². The molecule has 5 N–H and O–H groups in total. The molecule has 0 aliphatic rings. The molecule has 1 amide bonds. The number of carboxylic acid groups (broad SMARTS) is 1. The number of amides is 1. The molecular formula is C20H22N4O5. The molecule has 1 atom stereocenters. The maximum absolute atomic E-state index is 12.4. The van der Waals surface area contributed by atoms with E-state index in [2.05, 4.69) is 15.7 Å². The third-order valence-electron chi connectivity index (χ3n) is 3.94. The molecule has 0 radical (unpaired) electrons. The first-order valence-electron chi connectivity index (χ1n) is 8.83. The molecule has 2 aromatic rings. The average Bonchev–Trinajstić information content (AvgIpc) is 2.71.